The molecule has 4 N–H and O–H groups in total. The maximum absolute atomic E-state index is 10.1. The summed E-state index contributed by atoms with van der Waals surface area (Å²) < 4.78 is 0. The highest BCUT2D eigenvalue weighted by Gasteiger charge is 2.20. The second kappa shape index (κ2) is 6.41. The van der Waals surface area contributed by atoms with Crippen molar-refractivity contribution in [3.8, 4) is 0 Å². The van der Waals surface area contributed by atoms with Crippen LogP contribution in [0.4, 0.5) is 0 Å². The highest BCUT2D eigenvalue weighted by atomic mass is 16.4. The van der Waals surface area contributed by atoms with Gasteiger partial charge in [-0.15, -0.1) is 10.2 Å². The monoisotopic (exact) mass is 254 g/mol. The lowest BCUT2D eigenvalue weighted by Crippen LogP contribution is -2.29. The summed E-state index contributed by atoms with van der Waals surface area (Å²) in [6.07, 6.45) is 4.12. The minimum Gasteiger partial charge on any atom is -0.480 e. The van der Waals surface area contributed by atoms with Crippen LogP contribution in [-0.4, -0.2) is 50.8 Å². The molecule has 8 nitrogen and oxygen atoms in total. The van der Waals surface area contributed by atoms with E-state index in [1.54, 1.807) is 0 Å². The average molecular weight is 254 g/mol. The summed E-state index contributed by atoms with van der Waals surface area (Å²) in [7, 11) is 0. The normalized spacial score (nSPS) is 26.7. The molecule has 0 spiro atoms. The highest BCUT2D eigenvalue weighted by molar-refractivity contribution is 5.73. The number of aromatic amines is 1. The predicted molar refractivity (Wildman–Crippen MR) is 62.8 cm³/mol. The molecule has 2 aliphatic heterocycles. The number of nitrogens with one attached hydrogen (secondary N) is 3. The fraction of sp³-hybridized carbons (Fsp3) is 0.800. The SMILES string of the molecule is C1CNC(c2nn[nH]n2)C1.O=C(O)[C@@H]1CCCN1. The molecule has 0 aliphatic carbocycles. The maximum Gasteiger partial charge on any atom is 0.320 e. The van der Waals surface area contributed by atoms with Gasteiger partial charge in [-0.25, -0.2) is 0 Å². The Morgan fingerprint density at radius 1 is 1.22 bits per heavy atom. The molecular weight excluding hydrogens is 236 g/mol. The van der Waals surface area contributed by atoms with Gasteiger partial charge >= 0.3 is 5.97 Å². The van der Waals surface area contributed by atoms with E-state index in [1.807, 2.05) is 0 Å². The summed E-state index contributed by atoms with van der Waals surface area (Å²) in [5.74, 6) is 0.0694. The molecule has 2 saturated heterocycles. The smallest absolute Gasteiger partial charge is 0.320 e. The Morgan fingerprint density at radius 2 is 2.00 bits per heavy atom. The molecule has 8 heteroatoms. The van der Waals surface area contributed by atoms with Crippen molar-refractivity contribution < 1.29 is 9.90 Å². The van der Waals surface area contributed by atoms with Crippen molar-refractivity contribution in [2.24, 2.45) is 0 Å². The summed E-state index contributed by atoms with van der Waals surface area (Å²) >= 11 is 0. The molecule has 2 aliphatic rings. The quantitative estimate of drug-likeness (QED) is 0.559. The van der Waals surface area contributed by atoms with Crippen LogP contribution in [0.15, 0.2) is 0 Å². The zero-order chi connectivity index (χ0) is 12.8. The minimum absolute atomic E-state index is 0.269. The molecule has 0 aromatic carbocycles. The first-order valence-electron chi connectivity index (χ1n) is 6.20. The van der Waals surface area contributed by atoms with Gasteiger partial charge in [-0.2, -0.15) is 5.21 Å². The molecule has 0 radical (unpaired) electrons. The van der Waals surface area contributed by atoms with Crippen molar-refractivity contribution in [2.45, 2.75) is 37.8 Å². The molecule has 3 heterocycles. The van der Waals surface area contributed by atoms with Crippen molar-refractivity contribution in [1.29, 1.82) is 0 Å². The lowest BCUT2D eigenvalue weighted by atomic mass is 10.2. The summed E-state index contributed by atoms with van der Waals surface area (Å²) in [4.78, 5) is 10.1. The van der Waals surface area contributed by atoms with Gasteiger partial charge in [-0.05, 0) is 38.8 Å². The number of rotatable bonds is 2. The summed E-state index contributed by atoms with van der Waals surface area (Å²) in [6.45, 7) is 1.93. The van der Waals surface area contributed by atoms with Crippen LogP contribution in [0.25, 0.3) is 0 Å². The number of carboxylic acid groups (broad SMARTS) is 1. The van der Waals surface area contributed by atoms with Crippen LogP contribution in [0.1, 0.15) is 37.5 Å². The minimum atomic E-state index is -0.720. The first-order chi connectivity index (χ1) is 8.77. The van der Waals surface area contributed by atoms with Crippen molar-refractivity contribution in [1.82, 2.24) is 31.3 Å². The van der Waals surface area contributed by atoms with Gasteiger partial charge in [-0.3, -0.25) is 4.79 Å². The van der Waals surface area contributed by atoms with Gasteiger partial charge in [0.25, 0.3) is 0 Å². The van der Waals surface area contributed by atoms with E-state index in [0.29, 0.717) is 6.04 Å². The van der Waals surface area contributed by atoms with Crippen LogP contribution in [0.3, 0.4) is 0 Å². The molecule has 1 aromatic heterocycles. The van der Waals surface area contributed by atoms with Gasteiger partial charge in [0.1, 0.15) is 6.04 Å². The number of nitrogens with zero attached hydrogens (tertiary/aromatic N) is 3. The van der Waals surface area contributed by atoms with Gasteiger partial charge in [0.2, 0.25) is 0 Å². The Hall–Kier alpha value is -1.54. The number of aliphatic carboxylic acids is 1. The van der Waals surface area contributed by atoms with Crippen LogP contribution in [-0.2, 0) is 4.79 Å². The largest absolute Gasteiger partial charge is 0.480 e. The van der Waals surface area contributed by atoms with Crippen molar-refractivity contribution >= 4 is 5.97 Å². The first kappa shape index (κ1) is 12.9. The van der Waals surface area contributed by atoms with E-state index in [2.05, 4.69) is 31.3 Å². The Kier molecular flexibility index (Phi) is 4.59. The van der Waals surface area contributed by atoms with Crippen molar-refractivity contribution in [3.05, 3.63) is 5.82 Å². The molecule has 0 amide bonds. The molecule has 1 unspecified atom stereocenters. The van der Waals surface area contributed by atoms with Crippen LogP contribution >= 0.6 is 0 Å². The Balaban J connectivity index is 0.000000138. The second-order valence-electron chi connectivity index (χ2n) is 4.41. The van der Waals surface area contributed by atoms with Crippen LogP contribution in [0.5, 0.6) is 0 Å². The Labute approximate surface area is 105 Å². The van der Waals surface area contributed by atoms with E-state index >= 15 is 0 Å². The van der Waals surface area contributed by atoms with Crippen molar-refractivity contribution in [2.75, 3.05) is 13.1 Å². The van der Waals surface area contributed by atoms with Crippen LogP contribution < -0.4 is 10.6 Å². The average Bonchev–Trinajstić information content (AvgIpc) is 3.14. The Morgan fingerprint density at radius 3 is 2.44 bits per heavy atom. The molecular formula is C10H18N6O2. The zero-order valence-corrected chi connectivity index (χ0v) is 10.1. The third kappa shape index (κ3) is 3.47. The van der Waals surface area contributed by atoms with Gasteiger partial charge < -0.3 is 15.7 Å². The van der Waals surface area contributed by atoms with Gasteiger partial charge in [0, 0.05) is 0 Å². The van der Waals surface area contributed by atoms with E-state index in [9.17, 15) is 4.79 Å². The molecule has 2 fully saturated rings. The van der Waals surface area contributed by atoms with Gasteiger partial charge in [0.15, 0.2) is 5.82 Å². The molecule has 3 rings (SSSR count). The topological polar surface area (TPSA) is 116 Å². The fourth-order valence-corrected chi connectivity index (χ4v) is 2.12. The highest BCUT2D eigenvalue weighted by Crippen LogP contribution is 2.17. The van der Waals surface area contributed by atoms with Crippen LogP contribution in [0.2, 0.25) is 0 Å². The predicted octanol–water partition coefficient (Wildman–Crippen LogP) is -0.553. The van der Waals surface area contributed by atoms with Crippen molar-refractivity contribution in [3.63, 3.8) is 0 Å². The molecule has 0 saturated carbocycles. The summed E-state index contributed by atoms with van der Waals surface area (Å²) in [5.41, 5.74) is 0. The Bertz CT molecular complexity index is 356. The van der Waals surface area contributed by atoms with E-state index < -0.39 is 5.97 Å². The number of aromatic nitrogens is 4. The number of carboxylic acids is 1. The summed E-state index contributed by atoms with van der Waals surface area (Å²) in [5, 5.41) is 28.2. The van der Waals surface area contributed by atoms with Crippen LogP contribution in [0, 0.1) is 0 Å². The van der Waals surface area contributed by atoms with E-state index in [0.717, 1.165) is 38.2 Å². The number of carbonyl (C=O) groups is 1. The molecule has 1 aromatic rings. The van der Waals surface area contributed by atoms with E-state index in [1.165, 1.54) is 6.42 Å². The molecule has 18 heavy (non-hydrogen) atoms. The van der Waals surface area contributed by atoms with Gasteiger partial charge in [-0.1, -0.05) is 5.21 Å². The maximum atomic E-state index is 10.1. The standard InChI is InChI=1S/C5H9N5.C5H9NO2/c1-2-4(6-3-1)5-7-9-10-8-5;7-5(8)4-2-1-3-6-4/h4,6H,1-3H2,(H,7,8,9,10);4,6H,1-3H2,(H,7,8)/t;4-/m.0/s1. The third-order valence-corrected chi connectivity index (χ3v) is 3.09. The van der Waals surface area contributed by atoms with Gasteiger partial charge in [0.05, 0.1) is 6.04 Å². The number of hydrogen-bond donors (Lipinski definition) is 4. The summed E-state index contributed by atoms with van der Waals surface area (Å²) in [6, 6.07) is 0.0637. The molecule has 100 valence electrons. The number of H-pyrrole nitrogens is 1. The first-order valence-corrected chi connectivity index (χ1v) is 6.20. The molecule has 2 atom stereocenters. The zero-order valence-electron chi connectivity index (χ0n) is 10.1. The lowest BCUT2D eigenvalue weighted by Gasteiger charge is -2.00. The fourth-order valence-electron chi connectivity index (χ4n) is 2.12. The third-order valence-electron chi connectivity index (χ3n) is 3.09. The van der Waals surface area contributed by atoms with E-state index in [4.69, 9.17) is 5.11 Å². The number of tetrazole rings is 1. The second-order valence-corrected chi connectivity index (χ2v) is 4.41. The lowest BCUT2D eigenvalue weighted by molar-refractivity contribution is -0.139. The number of hydrogen-bond acceptors (Lipinski definition) is 6. The van der Waals surface area contributed by atoms with E-state index in [-0.39, 0.29) is 6.04 Å². The molecule has 0 bridgehead atoms.